The van der Waals surface area contributed by atoms with E-state index < -0.39 is 0 Å². The molecule has 152 valence electrons. The van der Waals surface area contributed by atoms with Gasteiger partial charge in [-0.3, -0.25) is 19.8 Å². The van der Waals surface area contributed by atoms with Gasteiger partial charge in [0.05, 0.1) is 5.52 Å². The maximum absolute atomic E-state index is 12.7. The van der Waals surface area contributed by atoms with E-state index in [0.717, 1.165) is 41.4 Å². The molecule has 3 aromatic rings. The van der Waals surface area contributed by atoms with Crippen LogP contribution in [0.3, 0.4) is 0 Å². The molecule has 1 aliphatic rings. The lowest BCUT2D eigenvalue weighted by atomic mass is 10.0. The number of aromatic nitrogens is 3. The van der Waals surface area contributed by atoms with Crippen LogP contribution in [0.15, 0.2) is 36.7 Å². The first kappa shape index (κ1) is 19.6. The summed E-state index contributed by atoms with van der Waals surface area (Å²) in [6, 6.07) is 8.45. The molecule has 1 aliphatic heterocycles. The molecule has 29 heavy (non-hydrogen) atoms. The summed E-state index contributed by atoms with van der Waals surface area (Å²) in [5, 5.41) is 11.2. The molecule has 6 nitrogen and oxygen atoms in total. The van der Waals surface area contributed by atoms with Crippen molar-refractivity contribution in [2.75, 3.05) is 13.1 Å². The lowest BCUT2D eigenvalue weighted by Crippen LogP contribution is -2.34. The topological polar surface area (TPSA) is 73.9 Å². The summed E-state index contributed by atoms with van der Waals surface area (Å²) in [4.78, 5) is 19.7. The fraction of sp³-hybridized carbons (Fsp3) is 0.435. The molecule has 0 spiro atoms. The summed E-state index contributed by atoms with van der Waals surface area (Å²) in [6.07, 6.45) is 8.22. The van der Waals surface area contributed by atoms with Gasteiger partial charge >= 0.3 is 0 Å². The number of pyridine rings is 1. The van der Waals surface area contributed by atoms with E-state index in [4.69, 9.17) is 0 Å². The average molecular weight is 392 g/mol. The van der Waals surface area contributed by atoms with Gasteiger partial charge in [-0.05, 0) is 68.1 Å². The quantitative estimate of drug-likeness (QED) is 0.635. The zero-order chi connectivity index (χ0) is 20.2. The molecule has 1 aromatic carbocycles. The van der Waals surface area contributed by atoms with E-state index in [1.165, 1.54) is 31.5 Å². The number of likely N-dealkylation sites (tertiary alicyclic amines) is 1. The van der Waals surface area contributed by atoms with Crippen LogP contribution in [0.4, 0.5) is 0 Å². The lowest BCUT2D eigenvalue weighted by Gasteiger charge is -2.15. The van der Waals surface area contributed by atoms with Gasteiger partial charge in [-0.1, -0.05) is 19.9 Å². The summed E-state index contributed by atoms with van der Waals surface area (Å²) >= 11 is 0. The maximum Gasteiger partial charge on any atom is 0.272 e. The molecule has 2 aromatic heterocycles. The number of H-pyrrole nitrogens is 1. The third-order valence-corrected chi connectivity index (χ3v) is 5.83. The third-order valence-electron chi connectivity index (χ3n) is 5.83. The Balaban J connectivity index is 1.61. The van der Waals surface area contributed by atoms with Crippen molar-refractivity contribution in [1.29, 1.82) is 0 Å². The normalized spacial score (nSPS) is 14.7. The number of nitrogens with zero attached hydrogens (tertiary/aromatic N) is 3. The Labute approximate surface area is 171 Å². The zero-order valence-corrected chi connectivity index (χ0v) is 17.2. The predicted octanol–water partition coefficient (Wildman–Crippen LogP) is 4.14. The number of rotatable bonds is 7. The smallest absolute Gasteiger partial charge is 0.272 e. The van der Waals surface area contributed by atoms with Gasteiger partial charge in [-0.25, -0.2) is 0 Å². The minimum atomic E-state index is -0.122. The number of benzene rings is 1. The van der Waals surface area contributed by atoms with Gasteiger partial charge in [0.15, 0.2) is 5.69 Å². The standard InChI is InChI=1S/C23H29N5O/c1-3-19(4-2)25-23(29)22-20-12-17(7-8-21(20)26-27-22)18-11-16(13-24-14-18)15-28-9-5-6-10-28/h7-8,11-14,19H,3-6,9-10,15H2,1-2H3,(H,25,29)(H,26,27). The number of fused-ring (bicyclic) bond motifs is 1. The molecule has 1 fully saturated rings. The molecule has 4 rings (SSSR count). The molecule has 0 bridgehead atoms. The number of carbonyl (C=O) groups is 1. The molecule has 1 amide bonds. The Morgan fingerprint density at radius 1 is 1.14 bits per heavy atom. The van der Waals surface area contributed by atoms with E-state index in [0.29, 0.717) is 5.69 Å². The van der Waals surface area contributed by atoms with Crippen LogP contribution in [-0.2, 0) is 6.54 Å². The first-order chi connectivity index (χ1) is 14.2. The molecule has 0 atom stereocenters. The highest BCUT2D eigenvalue weighted by molar-refractivity contribution is 6.05. The highest BCUT2D eigenvalue weighted by Crippen LogP contribution is 2.26. The molecule has 1 saturated heterocycles. The fourth-order valence-corrected chi connectivity index (χ4v) is 4.04. The van der Waals surface area contributed by atoms with Crippen LogP contribution in [0.25, 0.3) is 22.0 Å². The number of hydrogen-bond donors (Lipinski definition) is 2. The van der Waals surface area contributed by atoms with Gasteiger partial charge in [0, 0.05) is 35.9 Å². The number of carbonyl (C=O) groups excluding carboxylic acids is 1. The number of aromatic amines is 1. The molecule has 0 aliphatic carbocycles. The van der Waals surface area contributed by atoms with Crippen LogP contribution in [0.1, 0.15) is 55.6 Å². The highest BCUT2D eigenvalue weighted by Gasteiger charge is 2.18. The van der Waals surface area contributed by atoms with E-state index >= 15 is 0 Å². The Bertz CT molecular complexity index is 986. The van der Waals surface area contributed by atoms with Gasteiger partial charge in [0.1, 0.15) is 0 Å². The van der Waals surface area contributed by atoms with Crippen molar-refractivity contribution in [3.8, 4) is 11.1 Å². The Hall–Kier alpha value is -2.73. The van der Waals surface area contributed by atoms with Crippen molar-refractivity contribution >= 4 is 16.8 Å². The summed E-state index contributed by atoms with van der Waals surface area (Å²) in [5.41, 5.74) is 4.66. The monoisotopic (exact) mass is 391 g/mol. The fourth-order valence-electron chi connectivity index (χ4n) is 4.04. The molecular formula is C23H29N5O. The molecule has 2 N–H and O–H groups in total. The molecule has 3 heterocycles. The largest absolute Gasteiger partial charge is 0.348 e. The van der Waals surface area contributed by atoms with Crippen molar-refractivity contribution in [2.24, 2.45) is 0 Å². The van der Waals surface area contributed by atoms with Gasteiger partial charge in [0.2, 0.25) is 0 Å². The van der Waals surface area contributed by atoms with E-state index in [1.54, 1.807) is 0 Å². The summed E-state index contributed by atoms with van der Waals surface area (Å²) in [7, 11) is 0. The second-order valence-electron chi connectivity index (χ2n) is 7.88. The van der Waals surface area contributed by atoms with Crippen LogP contribution >= 0.6 is 0 Å². The summed E-state index contributed by atoms with van der Waals surface area (Å²) < 4.78 is 0. The van der Waals surface area contributed by atoms with Crippen molar-refractivity contribution in [3.05, 3.63) is 47.9 Å². The summed E-state index contributed by atoms with van der Waals surface area (Å²) in [6.45, 7) is 7.44. The van der Waals surface area contributed by atoms with Crippen molar-refractivity contribution in [2.45, 2.75) is 52.1 Å². The van der Waals surface area contributed by atoms with Crippen LogP contribution in [0.5, 0.6) is 0 Å². The van der Waals surface area contributed by atoms with Crippen LogP contribution < -0.4 is 5.32 Å². The second kappa shape index (κ2) is 8.74. The van der Waals surface area contributed by atoms with E-state index in [-0.39, 0.29) is 11.9 Å². The number of hydrogen-bond acceptors (Lipinski definition) is 4. The van der Waals surface area contributed by atoms with Crippen molar-refractivity contribution < 1.29 is 4.79 Å². The van der Waals surface area contributed by atoms with Crippen molar-refractivity contribution in [3.63, 3.8) is 0 Å². The molecule has 0 unspecified atom stereocenters. The highest BCUT2D eigenvalue weighted by atomic mass is 16.2. The zero-order valence-electron chi connectivity index (χ0n) is 17.2. The predicted molar refractivity (Wildman–Crippen MR) is 116 cm³/mol. The van der Waals surface area contributed by atoms with Crippen molar-refractivity contribution in [1.82, 2.24) is 25.4 Å². The summed E-state index contributed by atoms with van der Waals surface area (Å²) in [5.74, 6) is -0.122. The third kappa shape index (κ3) is 4.32. The van der Waals surface area contributed by atoms with Gasteiger partial charge in [-0.15, -0.1) is 0 Å². The Morgan fingerprint density at radius 3 is 2.69 bits per heavy atom. The maximum atomic E-state index is 12.7. The number of amides is 1. The van der Waals surface area contributed by atoms with Crippen LogP contribution in [-0.4, -0.2) is 45.1 Å². The average Bonchev–Trinajstić information content (AvgIpc) is 3.41. The van der Waals surface area contributed by atoms with Gasteiger partial charge < -0.3 is 5.32 Å². The van der Waals surface area contributed by atoms with E-state index in [2.05, 4.69) is 51.4 Å². The van der Waals surface area contributed by atoms with Crippen LogP contribution in [0, 0.1) is 0 Å². The SMILES string of the molecule is CCC(CC)NC(=O)c1n[nH]c2ccc(-c3cncc(CN4CCCC4)c3)cc12. The molecule has 6 heteroatoms. The Kier molecular flexibility index (Phi) is 5.90. The van der Waals surface area contributed by atoms with E-state index in [9.17, 15) is 4.79 Å². The van der Waals surface area contributed by atoms with Gasteiger partial charge in [-0.2, -0.15) is 5.10 Å². The lowest BCUT2D eigenvalue weighted by molar-refractivity contribution is 0.0931. The number of nitrogens with one attached hydrogen (secondary N) is 2. The van der Waals surface area contributed by atoms with E-state index in [1.807, 2.05) is 24.5 Å². The Morgan fingerprint density at radius 2 is 1.93 bits per heavy atom. The second-order valence-corrected chi connectivity index (χ2v) is 7.88. The first-order valence-electron chi connectivity index (χ1n) is 10.6. The molecule has 0 radical (unpaired) electrons. The van der Waals surface area contributed by atoms with Gasteiger partial charge in [0.25, 0.3) is 5.91 Å². The minimum absolute atomic E-state index is 0.122. The molecular weight excluding hydrogens is 362 g/mol. The minimum Gasteiger partial charge on any atom is -0.348 e. The first-order valence-corrected chi connectivity index (χ1v) is 10.6. The molecule has 0 saturated carbocycles. The van der Waals surface area contributed by atoms with Crippen LogP contribution in [0.2, 0.25) is 0 Å².